The fraction of sp³-hybridized carbons (Fsp3) is 0.357. The summed E-state index contributed by atoms with van der Waals surface area (Å²) in [6.07, 6.45) is 4.90. The monoisotopic (exact) mass is 320 g/mol. The van der Waals surface area contributed by atoms with Crippen molar-refractivity contribution in [3.8, 4) is 0 Å². The minimum atomic E-state index is -0.0309. The number of nitrogens with one attached hydrogen (secondary N) is 1. The highest BCUT2D eigenvalue weighted by molar-refractivity contribution is 8.13. The van der Waals surface area contributed by atoms with Crippen LogP contribution in [0.5, 0.6) is 0 Å². The first-order valence-corrected chi connectivity index (χ1v) is 8.56. The molecule has 21 heavy (non-hydrogen) atoms. The minimum absolute atomic E-state index is 0.0309. The fourth-order valence-electron chi connectivity index (χ4n) is 2.46. The number of nitrogens with zero attached hydrogens (tertiary/aromatic N) is 2. The second kappa shape index (κ2) is 6.03. The van der Waals surface area contributed by atoms with Crippen LogP contribution in [0.3, 0.4) is 0 Å². The van der Waals surface area contributed by atoms with Crippen molar-refractivity contribution in [2.75, 3.05) is 6.54 Å². The topological polar surface area (TPSA) is 84.1 Å². The summed E-state index contributed by atoms with van der Waals surface area (Å²) in [4.78, 5) is 26.0. The number of hydrogen-bond acceptors (Lipinski definition) is 5. The second-order valence-electron chi connectivity index (χ2n) is 4.81. The van der Waals surface area contributed by atoms with Gasteiger partial charge in [0.25, 0.3) is 5.56 Å². The van der Waals surface area contributed by atoms with E-state index >= 15 is 0 Å². The van der Waals surface area contributed by atoms with Crippen molar-refractivity contribution in [2.24, 2.45) is 10.7 Å². The number of aromatic amines is 1. The van der Waals surface area contributed by atoms with E-state index in [-0.39, 0.29) is 5.56 Å². The van der Waals surface area contributed by atoms with Crippen LogP contribution in [0.2, 0.25) is 0 Å². The van der Waals surface area contributed by atoms with Gasteiger partial charge in [-0.25, -0.2) is 4.98 Å². The molecule has 0 saturated heterocycles. The Balaban J connectivity index is 1.85. The molecular weight excluding hydrogens is 304 g/mol. The largest absolute Gasteiger partial charge is 0.379 e. The van der Waals surface area contributed by atoms with Gasteiger partial charge < -0.3 is 10.7 Å². The van der Waals surface area contributed by atoms with Crippen molar-refractivity contribution in [3.05, 3.63) is 39.3 Å². The molecule has 5 nitrogen and oxygen atoms in total. The highest BCUT2D eigenvalue weighted by atomic mass is 32.2. The van der Waals surface area contributed by atoms with Gasteiger partial charge in [0.15, 0.2) is 5.17 Å². The molecule has 0 aromatic carbocycles. The Morgan fingerprint density at radius 1 is 1.57 bits per heavy atom. The van der Waals surface area contributed by atoms with Crippen LogP contribution in [0.4, 0.5) is 0 Å². The number of thioether (sulfide) groups is 1. The van der Waals surface area contributed by atoms with Crippen molar-refractivity contribution >= 4 is 38.5 Å². The zero-order chi connectivity index (χ0) is 14.8. The predicted octanol–water partition coefficient (Wildman–Crippen LogP) is 2.21. The number of hydrogen-bond donors (Lipinski definition) is 2. The van der Waals surface area contributed by atoms with Gasteiger partial charge in [-0.3, -0.25) is 9.79 Å². The molecule has 1 aliphatic carbocycles. The third-order valence-corrected chi connectivity index (χ3v) is 5.39. The molecule has 0 unspecified atom stereocenters. The first kappa shape index (κ1) is 14.3. The highest BCUT2D eigenvalue weighted by Gasteiger charge is 2.21. The van der Waals surface area contributed by atoms with E-state index < -0.39 is 0 Å². The summed E-state index contributed by atoms with van der Waals surface area (Å²) in [5, 5.41) is 1.26. The average Bonchev–Trinajstić information content (AvgIpc) is 3.02. The number of nitrogens with two attached hydrogens (primary N) is 1. The zero-order valence-corrected chi connectivity index (χ0v) is 13.1. The summed E-state index contributed by atoms with van der Waals surface area (Å²) in [6, 6.07) is 0. The summed E-state index contributed by atoms with van der Waals surface area (Å²) in [5.74, 6) is 1.16. The number of aliphatic imine (C=N–C) groups is 1. The maximum atomic E-state index is 12.3. The molecule has 0 radical (unpaired) electrons. The first-order valence-electron chi connectivity index (χ1n) is 6.76. The van der Waals surface area contributed by atoms with Crippen molar-refractivity contribution in [1.82, 2.24) is 9.97 Å². The quantitative estimate of drug-likeness (QED) is 0.514. The summed E-state index contributed by atoms with van der Waals surface area (Å²) in [6.45, 7) is 4.09. The van der Waals surface area contributed by atoms with Gasteiger partial charge in [-0.15, -0.1) is 17.9 Å². The van der Waals surface area contributed by atoms with Gasteiger partial charge in [0, 0.05) is 4.88 Å². The number of thiophene rings is 1. The van der Waals surface area contributed by atoms with E-state index in [4.69, 9.17) is 5.73 Å². The average molecular weight is 320 g/mol. The van der Waals surface area contributed by atoms with Crippen molar-refractivity contribution in [3.63, 3.8) is 0 Å². The molecule has 0 bridgehead atoms. The lowest BCUT2D eigenvalue weighted by atomic mass is 10.2. The first-order chi connectivity index (χ1) is 10.2. The van der Waals surface area contributed by atoms with Crippen molar-refractivity contribution in [2.45, 2.75) is 25.0 Å². The van der Waals surface area contributed by atoms with E-state index in [9.17, 15) is 4.79 Å². The summed E-state index contributed by atoms with van der Waals surface area (Å²) in [5.41, 5.74) is 6.94. The minimum Gasteiger partial charge on any atom is -0.379 e. The zero-order valence-electron chi connectivity index (χ0n) is 11.5. The van der Waals surface area contributed by atoms with Crippen LogP contribution in [0.1, 0.15) is 22.7 Å². The maximum absolute atomic E-state index is 12.3. The van der Waals surface area contributed by atoms with Gasteiger partial charge in [-0.2, -0.15) is 0 Å². The van der Waals surface area contributed by atoms with Crippen molar-refractivity contribution < 1.29 is 0 Å². The molecule has 1 aliphatic rings. The third kappa shape index (κ3) is 2.89. The van der Waals surface area contributed by atoms with Crippen LogP contribution in [0.25, 0.3) is 10.2 Å². The van der Waals surface area contributed by atoms with Crippen LogP contribution in [-0.4, -0.2) is 21.7 Å². The maximum Gasteiger partial charge on any atom is 0.259 e. The molecule has 2 aromatic heterocycles. The lowest BCUT2D eigenvalue weighted by molar-refractivity contribution is 0.916. The number of aromatic nitrogens is 2. The molecule has 0 saturated carbocycles. The molecule has 0 aliphatic heterocycles. The molecule has 2 heterocycles. The van der Waals surface area contributed by atoms with E-state index in [2.05, 4.69) is 21.5 Å². The standard InChI is InChI=1S/C14H16N4OS2/c1-2-6-16-14(15)20-7-10-17-12(19)11-8-4-3-5-9(8)21-13(11)18-10/h2H,1,3-7H2,(H2,15,16)(H,17,18,19). The molecule has 3 rings (SSSR count). The normalized spacial score (nSPS) is 14.6. The number of H-pyrrole nitrogens is 1. The van der Waals surface area contributed by atoms with Crippen molar-refractivity contribution in [1.29, 1.82) is 0 Å². The van der Waals surface area contributed by atoms with Gasteiger partial charge in [-0.1, -0.05) is 17.8 Å². The van der Waals surface area contributed by atoms with Crippen LogP contribution in [0, 0.1) is 0 Å². The molecule has 0 amide bonds. The predicted molar refractivity (Wildman–Crippen MR) is 90.2 cm³/mol. The third-order valence-electron chi connectivity index (χ3n) is 3.36. The Hall–Kier alpha value is -1.60. The molecule has 7 heteroatoms. The van der Waals surface area contributed by atoms with Crippen LogP contribution >= 0.6 is 23.1 Å². The molecule has 3 N–H and O–H groups in total. The number of fused-ring (bicyclic) bond motifs is 3. The van der Waals surface area contributed by atoms with Gasteiger partial charge >= 0.3 is 0 Å². The smallest absolute Gasteiger partial charge is 0.259 e. The lowest BCUT2D eigenvalue weighted by Crippen LogP contribution is -2.13. The van der Waals surface area contributed by atoms with Gasteiger partial charge in [-0.05, 0) is 24.8 Å². The summed E-state index contributed by atoms with van der Waals surface area (Å²) < 4.78 is 0. The Bertz CT molecular complexity index is 775. The fourth-order valence-corrected chi connectivity index (χ4v) is 4.33. The molecule has 0 fully saturated rings. The molecule has 110 valence electrons. The van der Waals surface area contributed by atoms with Crippen LogP contribution in [0.15, 0.2) is 22.4 Å². The van der Waals surface area contributed by atoms with Gasteiger partial charge in [0.2, 0.25) is 0 Å². The van der Waals surface area contributed by atoms with Gasteiger partial charge in [0.1, 0.15) is 10.7 Å². The molecule has 0 atom stereocenters. The van der Waals surface area contributed by atoms with E-state index in [0.717, 1.165) is 29.5 Å². The van der Waals surface area contributed by atoms with E-state index in [0.29, 0.717) is 23.3 Å². The Morgan fingerprint density at radius 3 is 3.24 bits per heavy atom. The molecule has 2 aromatic rings. The summed E-state index contributed by atoms with van der Waals surface area (Å²) >= 11 is 3.02. The SMILES string of the molecule is C=CCN=C(N)SCc1nc2sc3c(c2c(=O)[nH]1)CCC3. The van der Waals surface area contributed by atoms with Crippen LogP contribution in [-0.2, 0) is 18.6 Å². The molecule has 0 spiro atoms. The summed E-state index contributed by atoms with van der Waals surface area (Å²) in [7, 11) is 0. The van der Waals surface area contributed by atoms with E-state index in [1.165, 1.54) is 22.2 Å². The van der Waals surface area contributed by atoms with Crippen LogP contribution < -0.4 is 11.3 Å². The number of aryl methyl sites for hydroxylation is 2. The Labute approximate surface area is 130 Å². The van der Waals surface area contributed by atoms with Gasteiger partial charge in [0.05, 0.1) is 17.7 Å². The number of amidine groups is 1. The molecular formula is C14H16N4OS2. The lowest BCUT2D eigenvalue weighted by Gasteiger charge is -2.01. The Kier molecular flexibility index (Phi) is 4.12. The Morgan fingerprint density at radius 2 is 2.43 bits per heavy atom. The second-order valence-corrected chi connectivity index (χ2v) is 6.89. The number of rotatable bonds is 4. The van der Waals surface area contributed by atoms with E-state index in [1.54, 1.807) is 17.4 Å². The highest BCUT2D eigenvalue weighted by Crippen LogP contribution is 2.34. The van der Waals surface area contributed by atoms with E-state index in [1.807, 2.05) is 0 Å².